The van der Waals surface area contributed by atoms with Gasteiger partial charge >= 0.3 is 5.38 Å². The van der Waals surface area contributed by atoms with Crippen molar-refractivity contribution in [1.82, 2.24) is 19.7 Å². The van der Waals surface area contributed by atoms with E-state index in [2.05, 4.69) is 22.1 Å². The fourth-order valence-electron chi connectivity index (χ4n) is 2.61. The molecule has 2 heterocycles. The Kier molecular flexibility index (Phi) is 4.73. The third kappa shape index (κ3) is 3.57. The minimum Gasteiger partial charge on any atom is -0.329 e. The van der Waals surface area contributed by atoms with Crippen LogP contribution >= 0.6 is 11.6 Å². The normalized spacial score (nSPS) is 13.9. The number of hydrogen-bond acceptors (Lipinski definition) is 4. The van der Waals surface area contributed by atoms with Gasteiger partial charge in [0.2, 0.25) is 11.7 Å². The number of nitrogens with one attached hydrogen (secondary N) is 1. The van der Waals surface area contributed by atoms with Crippen molar-refractivity contribution in [1.29, 1.82) is 0 Å². The number of aromatic nitrogens is 3. The summed E-state index contributed by atoms with van der Waals surface area (Å²) < 4.78 is 27.8. The van der Waals surface area contributed by atoms with E-state index < -0.39 is 11.2 Å². The number of rotatable bonds is 4. The SMILES string of the molecule is C=CC(=O)Nc1ccc(C(=O)N2CCn3c(nnc3C(F)(F)Cl)C2)cc1. The number of hydrogen-bond donors (Lipinski definition) is 1. The molecule has 0 radical (unpaired) electrons. The lowest BCUT2D eigenvalue weighted by Crippen LogP contribution is -2.39. The van der Waals surface area contributed by atoms with Crippen LogP contribution in [0.3, 0.4) is 0 Å². The standard InChI is InChI=1S/C16H14ClF2N5O2/c1-2-13(25)20-11-5-3-10(4-6-11)14(26)23-7-8-24-12(9-23)21-22-15(24)16(17,18)19/h2-6H,1,7-9H2,(H,20,25). The third-order valence-corrected chi connectivity index (χ3v) is 4.05. The third-order valence-electron chi connectivity index (χ3n) is 3.88. The first-order valence-electron chi connectivity index (χ1n) is 7.61. The minimum absolute atomic E-state index is 0.0494. The molecule has 2 aromatic rings. The van der Waals surface area contributed by atoms with Crippen molar-refractivity contribution in [3.05, 3.63) is 54.1 Å². The highest BCUT2D eigenvalue weighted by Gasteiger charge is 2.37. The predicted octanol–water partition coefficient (Wildman–Crippen LogP) is 2.35. The molecule has 1 N–H and O–H groups in total. The molecule has 0 unspecified atom stereocenters. The second kappa shape index (κ2) is 6.83. The van der Waals surface area contributed by atoms with Gasteiger partial charge in [0.15, 0.2) is 5.82 Å². The number of anilines is 1. The molecule has 136 valence electrons. The molecule has 0 saturated heterocycles. The zero-order valence-electron chi connectivity index (χ0n) is 13.5. The van der Waals surface area contributed by atoms with Crippen molar-refractivity contribution in [3.8, 4) is 0 Å². The van der Waals surface area contributed by atoms with E-state index in [1.807, 2.05) is 0 Å². The Balaban J connectivity index is 1.73. The summed E-state index contributed by atoms with van der Waals surface area (Å²) >= 11 is 5.02. The Labute approximate surface area is 152 Å². The van der Waals surface area contributed by atoms with E-state index in [9.17, 15) is 18.4 Å². The Hall–Kier alpha value is -2.81. The molecule has 2 amide bonds. The summed E-state index contributed by atoms with van der Waals surface area (Å²) in [5.74, 6) is -1.01. The van der Waals surface area contributed by atoms with Crippen molar-refractivity contribution < 1.29 is 18.4 Å². The summed E-state index contributed by atoms with van der Waals surface area (Å²) in [4.78, 5) is 25.3. The van der Waals surface area contributed by atoms with Crippen LogP contribution in [0, 0.1) is 0 Å². The van der Waals surface area contributed by atoms with Crippen LogP contribution in [0.2, 0.25) is 0 Å². The molecule has 0 saturated carbocycles. The first kappa shape index (κ1) is 18.0. The number of nitrogens with zero attached hydrogens (tertiary/aromatic N) is 4. The van der Waals surface area contributed by atoms with Gasteiger partial charge in [-0.2, -0.15) is 8.78 Å². The van der Waals surface area contributed by atoms with Gasteiger partial charge in [0.25, 0.3) is 5.91 Å². The van der Waals surface area contributed by atoms with Crippen LogP contribution in [0.5, 0.6) is 0 Å². The smallest absolute Gasteiger partial charge is 0.329 e. The molecule has 26 heavy (non-hydrogen) atoms. The Morgan fingerprint density at radius 1 is 1.23 bits per heavy atom. The lowest BCUT2D eigenvalue weighted by Gasteiger charge is -2.28. The molecule has 0 bridgehead atoms. The number of alkyl halides is 3. The van der Waals surface area contributed by atoms with Crippen molar-refractivity contribution >= 4 is 29.1 Å². The predicted molar refractivity (Wildman–Crippen MR) is 89.8 cm³/mol. The summed E-state index contributed by atoms with van der Waals surface area (Å²) in [6, 6.07) is 6.32. The number of carbonyl (C=O) groups excluding carboxylic acids is 2. The van der Waals surface area contributed by atoms with Gasteiger partial charge in [0.1, 0.15) is 0 Å². The van der Waals surface area contributed by atoms with Gasteiger partial charge in [-0.15, -0.1) is 10.2 Å². The van der Waals surface area contributed by atoms with Crippen molar-refractivity contribution in [2.45, 2.75) is 18.5 Å². The quantitative estimate of drug-likeness (QED) is 0.651. The van der Waals surface area contributed by atoms with Crippen molar-refractivity contribution in [3.63, 3.8) is 0 Å². The molecule has 3 rings (SSSR count). The van der Waals surface area contributed by atoms with Crippen LogP contribution in [0.1, 0.15) is 22.0 Å². The maximum atomic E-state index is 13.3. The monoisotopic (exact) mass is 381 g/mol. The molecule has 1 aromatic carbocycles. The molecular weight excluding hydrogens is 368 g/mol. The summed E-state index contributed by atoms with van der Waals surface area (Å²) in [5, 5.41) is 6.10. The maximum absolute atomic E-state index is 13.3. The van der Waals surface area contributed by atoms with E-state index in [4.69, 9.17) is 11.6 Å². The number of halogens is 3. The summed E-state index contributed by atoms with van der Waals surface area (Å²) in [6.07, 6.45) is 1.14. The fraction of sp³-hybridized carbons (Fsp3) is 0.250. The molecule has 0 atom stereocenters. The molecule has 0 spiro atoms. The first-order chi connectivity index (χ1) is 12.3. The van der Waals surface area contributed by atoms with Crippen LogP contribution in [0.25, 0.3) is 0 Å². The van der Waals surface area contributed by atoms with Crippen LogP contribution in [0.15, 0.2) is 36.9 Å². The molecular formula is C16H14ClF2N5O2. The van der Waals surface area contributed by atoms with Gasteiger partial charge < -0.3 is 14.8 Å². The molecule has 0 fully saturated rings. The second-order valence-electron chi connectivity index (χ2n) is 5.59. The molecule has 7 nitrogen and oxygen atoms in total. The largest absolute Gasteiger partial charge is 0.381 e. The topological polar surface area (TPSA) is 80.1 Å². The number of benzene rings is 1. The zero-order valence-corrected chi connectivity index (χ0v) is 14.2. The van der Waals surface area contributed by atoms with Gasteiger partial charge in [-0.3, -0.25) is 9.59 Å². The summed E-state index contributed by atoms with van der Waals surface area (Å²) in [7, 11) is 0. The second-order valence-corrected chi connectivity index (χ2v) is 6.06. The lowest BCUT2D eigenvalue weighted by molar-refractivity contribution is -0.111. The molecule has 1 aromatic heterocycles. The van der Waals surface area contributed by atoms with Gasteiger partial charge in [-0.25, -0.2) is 0 Å². The highest BCUT2D eigenvalue weighted by atomic mass is 35.5. The fourth-order valence-corrected chi connectivity index (χ4v) is 2.75. The number of carbonyl (C=O) groups is 2. The van der Waals surface area contributed by atoms with Crippen molar-refractivity contribution in [2.24, 2.45) is 0 Å². The van der Waals surface area contributed by atoms with Gasteiger partial charge in [-0.1, -0.05) is 6.58 Å². The maximum Gasteiger partial charge on any atom is 0.381 e. The van der Waals surface area contributed by atoms with Crippen LogP contribution in [0.4, 0.5) is 14.5 Å². The van der Waals surface area contributed by atoms with E-state index in [-0.39, 0.29) is 37.3 Å². The Morgan fingerprint density at radius 2 is 1.92 bits per heavy atom. The van der Waals surface area contributed by atoms with Gasteiger partial charge in [0.05, 0.1) is 6.54 Å². The minimum atomic E-state index is -3.61. The van der Waals surface area contributed by atoms with Gasteiger partial charge in [-0.05, 0) is 41.9 Å². The van der Waals surface area contributed by atoms with E-state index in [1.54, 1.807) is 24.3 Å². The number of amides is 2. The summed E-state index contributed by atoms with van der Waals surface area (Å²) in [6.45, 7) is 3.75. The van der Waals surface area contributed by atoms with Crippen molar-refractivity contribution in [2.75, 3.05) is 11.9 Å². The summed E-state index contributed by atoms with van der Waals surface area (Å²) in [5.41, 5.74) is 0.927. The van der Waals surface area contributed by atoms with E-state index in [0.717, 1.165) is 6.08 Å². The Morgan fingerprint density at radius 3 is 2.54 bits per heavy atom. The van der Waals surface area contributed by atoms with E-state index in [1.165, 1.54) is 9.47 Å². The molecule has 10 heteroatoms. The molecule has 1 aliphatic heterocycles. The van der Waals surface area contributed by atoms with Crippen LogP contribution in [-0.4, -0.2) is 38.0 Å². The molecule has 0 aliphatic carbocycles. The average molecular weight is 382 g/mol. The number of fused-ring (bicyclic) bond motifs is 1. The lowest BCUT2D eigenvalue weighted by atomic mass is 10.1. The zero-order chi connectivity index (χ0) is 18.9. The van der Waals surface area contributed by atoms with Crippen LogP contribution < -0.4 is 5.32 Å². The Bertz CT molecular complexity index is 861. The van der Waals surface area contributed by atoms with Crippen LogP contribution in [-0.2, 0) is 23.3 Å². The molecule has 1 aliphatic rings. The van der Waals surface area contributed by atoms with E-state index in [0.29, 0.717) is 11.3 Å². The van der Waals surface area contributed by atoms with E-state index >= 15 is 0 Å². The average Bonchev–Trinajstić information content (AvgIpc) is 3.05. The first-order valence-corrected chi connectivity index (χ1v) is 7.99. The van der Waals surface area contributed by atoms with Gasteiger partial charge in [0, 0.05) is 24.3 Å². The highest BCUT2D eigenvalue weighted by molar-refractivity contribution is 6.21. The highest BCUT2D eigenvalue weighted by Crippen LogP contribution is 2.32.